The van der Waals surface area contributed by atoms with Gasteiger partial charge in [-0.05, 0) is 34.5 Å². The van der Waals surface area contributed by atoms with Crippen LogP contribution in [0.1, 0.15) is 31.7 Å². The molecule has 0 amide bonds. The smallest absolute Gasteiger partial charge is 0.0438 e. The minimum Gasteiger partial charge on any atom is -0.309 e. The lowest BCUT2D eigenvalue weighted by Gasteiger charge is -2.20. The minimum absolute atomic E-state index is 0.501. The Balaban J connectivity index is 2.75. The number of nitrogens with one attached hydrogen (secondary N) is 1. The maximum absolute atomic E-state index is 3.50. The van der Waals surface area contributed by atoms with Gasteiger partial charge in [0.2, 0.25) is 0 Å². The molecule has 0 bridgehead atoms. The topological polar surface area (TPSA) is 12.0 Å². The number of thiophene rings is 1. The van der Waals surface area contributed by atoms with Crippen LogP contribution in [-0.2, 0) is 0 Å². The molecule has 1 heterocycles. The fraction of sp³-hybridized carbons (Fsp3) is 0.600. The van der Waals surface area contributed by atoms with E-state index in [1.165, 1.54) is 9.35 Å². The van der Waals surface area contributed by atoms with Crippen molar-refractivity contribution in [1.82, 2.24) is 5.32 Å². The second-order valence-electron chi connectivity index (χ2n) is 3.45. The molecular formula is C10H16BrNS. The van der Waals surface area contributed by atoms with Crippen LogP contribution in [0.2, 0.25) is 0 Å². The van der Waals surface area contributed by atoms with Crippen molar-refractivity contribution in [2.45, 2.75) is 26.8 Å². The van der Waals surface area contributed by atoms with Crippen LogP contribution in [0.4, 0.5) is 0 Å². The van der Waals surface area contributed by atoms with Gasteiger partial charge in [0.15, 0.2) is 0 Å². The molecule has 1 nitrogen and oxygen atoms in total. The Bertz CT molecular complexity index is 257. The molecule has 0 aliphatic carbocycles. The Kier molecular flexibility index (Phi) is 4.42. The fourth-order valence-corrected chi connectivity index (χ4v) is 3.07. The second kappa shape index (κ2) is 5.13. The zero-order chi connectivity index (χ0) is 9.84. The third kappa shape index (κ3) is 3.08. The van der Waals surface area contributed by atoms with Gasteiger partial charge in [0, 0.05) is 20.8 Å². The highest BCUT2D eigenvalue weighted by atomic mass is 79.9. The largest absolute Gasteiger partial charge is 0.309 e. The Morgan fingerprint density at radius 1 is 1.54 bits per heavy atom. The first-order chi connectivity index (χ1) is 6.15. The predicted molar refractivity (Wildman–Crippen MR) is 63.3 cm³/mol. The van der Waals surface area contributed by atoms with E-state index >= 15 is 0 Å². The summed E-state index contributed by atoms with van der Waals surface area (Å²) < 4.78 is 1.19. The van der Waals surface area contributed by atoms with Gasteiger partial charge in [0.25, 0.3) is 0 Å². The fourth-order valence-electron chi connectivity index (χ4n) is 1.38. The van der Waals surface area contributed by atoms with E-state index in [1.54, 1.807) is 0 Å². The standard InChI is InChI=1S/C10H16BrNS/c1-4-12-10(7(2)3)9-5-8(11)6-13-9/h5-7,10,12H,4H2,1-3H3. The molecule has 1 unspecified atom stereocenters. The SMILES string of the molecule is CCNC(c1cc(Br)cs1)C(C)C. The highest BCUT2D eigenvalue weighted by Crippen LogP contribution is 2.29. The van der Waals surface area contributed by atoms with Gasteiger partial charge in [-0.2, -0.15) is 0 Å². The highest BCUT2D eigenvalue weighted by molar-refractivity contribution is 9.10. The van der Waals surface area contributed by atoms with Crippen LogP contribution in [0.5, 0.6) is 0 Å². The van der Waals surface area contributed by atoms with Gasteiger partial charge in [-0.3, -0.25) is 0 Å². The van der Waals surface area contributed by atoms with Crippen LogP contribution in [0.3, 0.4) is 0 Å². The third-order valence-corrected chi connectivity index (χ3v) is 3.76. The Morgan fingerprint density at radius 2 is 2.23 bits per heavy atom. The maximum Gasteiger partial charge on any atom is 0.0438 e. The van der Waals surface area contributed by atoms with Crippen LogP contribution >= 0.6 is 27.3 Å². The predicted octanol–water partition coefficient (Wildman–Crippen LogP) is 3.82. The molecule has 1 N–H and O–H groups in total. The zero-order valence-electron chi connectivity index (χ0n) is 8.30. The lowest BCUT2D eigenvalue weighted by Crippen LogP contribution is -2.24. The quantitative estimate of drug-likeness (QED) is 0.869. The molecular weight excluding hydrogens is 246 g/mol. The summed E-state index contributed by atoms with van der Waals surface area (Å²) in [6.07, 6.45) is 0. The lowest BCUT2D eigenvalue weighted by atomic mass is 10.0. The molecule has 1 atom stereocenters. The molecule has 0 fully saturated rings. The monoisotopic (exact) mass is 261 g/mol. The van der Waals surface area contributed by atoms with Crippen LogP contribution < -0.4 is 5.32 Å². The van der Waals surface area contributed by atoms with Gasteiger partial charge in [0.1, 0.15) is 0 Å². The minimum atomic E-state index is 0.501. The third-order valence-electron chi connectivity index (χ3n) is 1.98. The summed E-state index contributed by atoms with van der Waals surface area (Å²) >= 11 is 5.30. The molecule has 0 aromatic carbocycles. The molecule has 0 aliphatic rings. The van der Waals surface area contributed by atoms with Crippen molar-refractivity contribution >= 4 is 27.3 Å². The van der Waals surface area contributed by atoms with Crippen molar-refractivity contribution in [3.8, 4) is 0 Å². The molecule has 0 radical (unpaired) electrons. The van der Waals surface area contributed by atoms with Gasteiger partial charge < -0.3 is 5.32 Å². The maximum atomic E-state index is 3.50. The van der Waals surface area contributed by atoms with E-state index in [-0.39, 0.29) is 0 Å². The van der Waals surface area contributed by atoms with Crippen LogP contribution in [0.15, 0.2) is 15.9 Å². The average Bonchev–Trinajstić information content (AvgIpc) is 2.46. The number of hydrogen-bond acceptors (Lipinski definition) is 2. The summed E-state index contributed by atoms with van der Waals surface area (Å²) in [6, 6.07) is 2.71. The number of hydrogen-bond donors (Lipinski definition) is 1. The van der Waals surface area contributed by atoms with E-state index in [2.05, 4.69) is 53.5 Å². The van der Waals surface area contributed by atoms with Crippen molar-refractivity contribution in [2.24, 2.45) is 5.92 Å². The normalized spacial score (nSPS) is 13.6. The van der Waals surface area contributed by atoms with E-state index < -0.39 is 0 Å². The van der Waals surface area contributed by atoms with Gasteiger partial charge >= 0.3 is 0 Å². The summed E-state index contributed by atoms with van der Waals surface area (Å²) in [5, 5.41) is 5.64. The second-order valence-corrected chi connectivity index (χ2v) is 5.31. The van der Waals surface area contributed by atoms with Crippen molar-refractivity contribution in [3.05, 3.63) is 20.8 Å². The summed E-state index contributed by atoms with van der Waals surface area (Å²) in [4.78, 5) is 1.42. The van der Waals surface area contributed by atoms with E-state index in [0.29, 0.717) is 12.0 Å². The Labute approximate surface area is 92.7 Å². The summed E-state index contributed by atoms with van der Waals surface area (Å²) in [5.74, 6) is 0.644. The zero-order valence-corrected chi connectivity index (χ0v) is 10.7. The first-order valence-electron chi connectivity index (χ1n) is 4.62. The van der Waals surface area contributed by atoms with Crippen LogP contribution in [-0.4, -0.2) is 6.54 Å². The Hall–Kier alpha value is 0.140. The van der Waals surface area contributed by atoms with Crippen molar-refractivity contribution < 1.29 is 0 Å². The number of halogens is 1. The molecule has 1 rings (SSSR count). The summed E-state index contributed by atoms with van der Waals surface area (Å²) in [6.45, 7) is 7.68. The Morgan fingerprint density at radius 3 is 2.62 bits per heavy atom. The molecule has 0 spiro atoms. The molecule has 0 saturated heterocycles. The molecule has 0 aliphatic heterocycles. The highest BCUT2D eigenvalue weighted by Gasteiger charge is 2.15. The molecule has 13 heavy (non-hydrogen) atoms. The molecule has 3 heteroatoms. The van der Waals surface area contributed by atoms with Crippen LogP contribution in [0.25, 0.3) is 0 Å². The molecule has 0 saturated carbocycles. The van der Waals surface area contributed by atoms with E-state index in [4.69, 9.17) is 0 Å². The first-order valence-corrected chi connectivity index (χ1v) is 6.29. The van der Waals surface area contributed by atoms with Gasteiger partial charge in [-0.1, -0.05) is 20.8 Å². The van der Waals surface area contributed by atoms with E-state index in [9.17, 15) is 0 Å². The first kappa shape index (κ1) is 11.2. The summed E-state index contributed by atoms with van der Waals surface area (Å²) in [7, 11) is 0. The van der Waals surface area contributed by atoms with Crippen molar-refractivity contribution in [3.63, 3.8) is 0 Å². The van der Waals surface area contributed by atoms with Gasteiger partial charge in [0.05, 0.1) is 0 Å². The van der Waals surface area contributed by atoms with Gasteiger partial charge in [-0.25, -0.2) is 0 Å². The number of rotatable bonds is 4. The van der Waals surface area contributed by atoms with Crippen LogP contribution in [0, 0.1) is 5.92 Å². The van der Waals surface area contributed by atoms with Crippen molar-refractivity contribution in [1.29, 1.82) is 0 Å². The van der Waals surface area contributed by atoms with E-state index in [1.807, 2.05) is 11.3 Å². The molecule has 1 aromatic rings. The lowest BCUT2D eigenvalue weighted by molar-refractivity contribution is 0.428. The van der Waals surface area contributed by atoms with Crippen molar-refractivity contribution in [2.75, 3.05) is 6.54 Å². The molecule has 74 valence electrons. The summed E-state index contributed by atoms with van der Waals surface area (Å²) in [5.41, 5.74) is 0. The van der Waals surface area contributed by atoms with Gasteiger partial charge in [-0.15, -0.1) is 11.3 Å². The van der Waals surface area contributed by atoms with E-state index in [0.717, 1.165) is 6.54 Å². The average molecular weight is 262 g/mol. The molecule has 1 aromatic heterocycles.